The average molecular weight is 576 g/mol. The maximum atomic E-state index is 14.0. The van der Waals surface area contributed by atoms with E-state index in [-0.39, 0.29) is 12.3 Å². The molecule has 3 aromatic rings. The van der Waals surface area contributed by atoms with Crippen molar-refractivity contribution in [1.82, 2.24) is 10.2 Å². The molecule has 2 atom stereocenters. The molecule has 0 fully saturated rings. The molecule has 0 radical (unpaired) electrons. The first-order valence-electron chi connectivity index (χ1n) is 14.9. The lowest BCUT2D eigenvalue weighted by Gasteiger charge is -2.34. The first kappa shape index (κ1) is 32.4. The number of ether oxygens (including phenoxy) is 1. The number of para-hydroxylation sites is 1. The number of hydrogen-bond acceptors (Lipinski definition) is 5. The van der Waals surface area contributed by atoms with Crippen molar-refractivity contribution in [2.45, 2.75) is 90.8 Å². The van der Waals surface area contributed by atoms with Crippen molar-refractivity contribution in [2.24, 2.45) is 0 Å². The quantitative estimate of drug-likeness (QED) is 0.185. The van der Waals surface area contributed by atoms with Crippen LogP contribution in [0.25, 0.3) is 10.8 Å². The van der Waals surface area contributed by atoms with Gasteiger partial charge in [0.15, 0.2) is 0 Å². The molecule has 42 heavy (non-hydrogen) atoms. The summed E-state index contributed by atoms with van der Waals surface area (Å²) in [5.41, 5.74) is 0.147. The molecule has 3 rings (SSSR count). The molecule has 0 aromatic heterocycles. The fourth-order valence-electron chi connectivity index (χ4n) is 4.87. The van der Waals surface area contributed by atoms with Gasteiger partial charge in [0.05, 0.1) is 0 Å². The van der Waals surface area contributed by atoms with Gasteiger partial charge in [0.1, 0.15) is 23.4 Å². The van der Waals surface area contributed by atoms with E-state index in [1.807, 2.05) is 42.5 Å². The van der Waals surface area contributed by atoms with Gasteiger partial charge in [-0.3, -0.25) is 9.59 Å². The third-order valence-electron chi connectivity index (χ3n) is 6.95. The van der Waals surface area contributed by atoms with Crippen LogP contribution in [-0.2, 0) is 14.3 Å². The van der Waals surface area contributed by atoms with Crippen LogP contribution in [0.5, 0.6) is 5.75 Å². The summed E-state index contributed by atoms with van der Waals surface area (Å²) < 4.78 is 5.36. The van der Waals surface area contributed by atoms with Gasteiger partial charge in [0, 0.05) is 17.8 Å². The Bertz CT molecular complexity index is 1350. The van der Waals surface area contributed by atoms with Gasteiger partial charge in [-0.25, -0.2) is 4.79 Å². The Morgan fingerprint density at radius 3 is 2.21 bits per heavy atom. The third kappa shape index (κ3) is 9.50. The number of carbonyl (C=O) groups excluding carboxylic acids is 3. The van der Waals surface area contributed by atoms with E-state index in [2.05, 4.69) is 17.6 Å². The predicted molar refractivity (Wildman–Crippen MR) is 167 cm³/mol. The molecule has 3 aromatic carbocycles. The van der Waals surface area contributed by atoms with Crippen LogP contribution in [0.4, 0.5) is 10.5 Å². The van der Waals surface area contributed by atoms with Crippen LogP contribution in [0, 0.1) is 0 Å². The summed E-state index contributed by atoms with van der Waals surface area (Å²) in [4.78, 5) is 42.0. The molecule has 0 saturated carbocycles. The van der Waals surface area contributed by atoms with Gasteiger partial charge in [0.25, 0.3) is 5.91 Å². The number of nitrogens with one attached hydrogen (secondary N) is 2. The van der Waals surface area contributed by atoms with Gasteiger partial charge in [0.2, 0.25) is 5.91 Å². The van der Waals surface area contributed by atoms with Crippen LogP contribution >= 0.6 is 0 Å². The Morgan fingerprint density at radius 1 is 0.881 bits per heavy atom. The predicted octanol–water partition coefficient (Wildman–Crippen LogP) is 7.33. The molecule has 3 amide bonds. The number of anilines is 1. The lowest BCUT2D eigenvalue weighted by molar-refractivity contribution is -0.140. The summed E-state index contributed by atoms with van der Waals surface area (Å²) in [5.74, 6) is -1.00. The minimum atomic E-state index is -1.14. The van der Waals surface area contributed by atoms with E-state index < -0.39 is 35.6 Å². The number of unbranched alkanes of at least 4 members (excludes halogenated alkanes) is 5. The SMILES string of the molecule is CCCCCCCCN(C(=O)C(C)NC(=O)OC(C)(C)C)C(C(=O)Nc1ccc2ccccc2c1)c1ccccc1O. The number of hydrogen-bond donors (Lipinski definition) is 3. The number of nitrogens with zero attached hydrogens (tertiary/aromatic N) is 1. The van der Waals surface area contributed by atoms with Crippen LogP contribution in [0.15, 0.2) is 66.7 Å². The summed E-state index contributed by atoms with van der Waals surface area (Å²) in [6.07, 6.45) is 5.23. The molecule has 0 spiro atoms. The van der Waals surface area contributed by atoms with E-state index in [9.17, 15) is 19.5 Å². The highest BCUT2D eigenvalue weighted by Crippen LogP contribution is 2.31. The molecular weight excluding hydrogens is 530 g/mol. The maximum absolute atomic E-state index is 14.0. The summed E-state index contributed by atoms with van der Waals surface area (Å²) in [5, 5.41) is 18.4. The summed E-state index contributed by atoms with van der Waals surface area (Å²) in [6, 6.07) is 17.9. The highest BCUT2D eigenvalue weighted by Gasteiger charge is 2.36. The van der Waals surface area contributed by atoms with E-state index >= 15 is 0 Å². The summed E-state index contributed by atoms with van der Waals surface area (Å²) in [7, 11) is 0. The Kier molecular flexibility index (Phi) is 11.8. The van der Waals surface area contributed by atoms with Crippen LogP contribution < -0.4 is 10.6 Å². The third-order valence-corrected chi connectivity index (χ3v) is 6.95. The van der Waals surface area contributed by atoms with Gasteiger partial charge in [-0.2, -0.15) is 0 Å². The second-order valence-electron chi connectivity index (χ2n) is 11.7. The Labute approximate surface area is 249 Å². The normalized spacial score (nSPS) is 12.8. The fourth-order valence-corrected chi connectivity index (χ4v) is 4.87. The second-order valence-corrected chi connectivity index (χ2v) is 11.7. The molecule has 3 N–H and O–H groups in total. The number of phenols is 1. The summed E-state index contributed by atoms with van der Waals surface area (Å²) in [6.45, 7) is 9.24. The van der Waals surface area contributed by atoms with Crippen LogP contribution in [-0.4, -0.2) is 46.1 Å². The molecular formula is C34H45N3O5. The van der Waals surface area contributed by atoms with Gasteiger partial charge in [-0.15, -0.1) is 0 Å². The van der Waals surface area contributed by atoms with E-state index in [0.717, 1.165) is 42.9 Å². The number of benzene rings is 3. The van der Waals surface area contributed by atoms with Crippen molar-refractivity contribution in [1.29, 1.82) is 0 Å². The van der Waals surface area contributed by atoms with Gasteiger partial charge < -0.3 is 25.4 Å². The highest BCUT2D eigenvalue weighted by molar-refractivity contribution is 6.00. The van der Waals surface area contributed by atoms with Crippen LogP contribution in [0.1, 0.15) is 84.7 Å². The molecule has 0 bridgehead atoms. The van der Waals surface area contributed by atoms with Crippen molar-refractivity contribution in [3.05, 3.63) is 72.3 Å². The fraction of sp³-hybridized carbons (Fsp3) is 0.441. The van der Waals surface area contributed by atoms with Crippen molar-refractivity contribution in [3.8, 4) is 5.75 Å². The van der Waals surface area contributed by atoms with Crippen molar-refractivity contribution < 1.29 is 24.2 Å². The molecule has 0 aliphatic heterocycles. The van der Waals surface area contributed by atoms with E-state index in [0.29, 0.717) is 17.7 Å². The van der Waals surface area contributed by atoms with Crippen molar-refractivity contribution in [2.75, 3.05) is 11.9 Å². The first-order valence-corrected chi connectivity index (χ1v) is 14.9. The number of alkyl carbamates (subject to hydrolysis) is 1. The Morgan fingerprint density at radius 2 is 1.52 bits per heavy atom. The van der Waals surface area contributed by atoms with Crippen LogP contribution in [0.3, 0.4) is 0 Å². The molecule has 0 aliphatic carbocycles. The molecule has 8 heteroatoms. The van der Waals surface area contributed by atoms with Crippen molar-refractivity contribution in [3.63, 3.8) is 0 Å². The number of amides is 3. The van der Waals surface area contributed by atoms with Crippen LogP contribution in [0.2, 0.25) is 0 Å². The second kappa shape index (κ2) is 15.2. The monoisotopic (exact) mass is 575 g/mol. The maximum Gasteiger partial charge on any atom is 0.408 e. The van der Waals surface area contributed by atoms with Gasteiger partial charge >= 0.3 is 6.09 Å². The molecule has 0 heterocycles. The largest absolute Gasteiger partial charge is 0.508 e. The molecule has 0 saturated heterocycles. The minimum Gasteiger partial charge on any atom is -0.508 e. The molecule has 0 aliphatic rings. The average Bonchev–Trinajstić information content (AvgIpc) is 2.93. The van der Waals surface area contributed by atoms with E-state index in [4.69, 9.17) is 4.74 Å². The summed E-state index contributed by atoms with van der Waals surface area (Å²) >= 11 is 0. The molecule has 226 valence electrons. The zero-order valence-electron chi connectivity index (χ0n) is 25.5. The first-order chi connectivity index (χ1) is 20.0. The number of fused-ring (bicyclic) bond motifs is 1. The number of phenolic OH excluding ortho intramolecular Hbond substituents is 1. The number of rotatable bonds is 13. The standard InChI is InChI=1S/C34H45N3O5/c1-6-7-8-9-10-15-22-37(32(40)24(2)35-33(41)42-34(3,4)5)30(28-18-13-14-19-29(28)38)31(39)36-27-21-20-25-16-11-12-17-26(25)23-27/h11-14,16-21,23-24,30,38H,6-10,15,22H2,1-5H3,(H,35,41)(H,36,39). The number of aromatic hydroxyl groups is 1. The van der Waals surface area contributed by atoms with E-state index in [1.165, 1.54) is 11.0 Å². The lowest BCUT2D eigenvalue weighted by atomic mass is 10.0. The minimum absolute atomic E-state index is 0.0929. The van der Waals surface area contributed by atoms with Gasteiger partial charge in [-0.1, -0.05) is 87.6 Å². The zero-order chi connectivity index (χ0) is 30.7. The zero-order valence-corrected chi connectivity index (χ0v) is 25.5. The van der Waals surface area contributed by atoms with E-state index in [1.54, 1.807) is 45.9 Å². The van der Waals surface area contributed by atoms with Crippen molar-refractivity contribution >= 4 is 34.4 Å². The Hall–Kier alpha value is -4.07. The van der Waals surface area contributed by atoms with Gasteiger partial charge in [-0.05, 0) is 63.1 Å². The highest BCUT2D eigenvalue weighted by atomic mass is 16.6. The Balaban J connectivity index is 1.94. The lowest BCUT2D eigenvalue weighted by Crippen LogP contribution is -2.51. The smallest absolute Gasteiger partial charge is 0.408 e. The topological polar surface area (TPSA) is 108 Å². The number of carbonyl (C=O) groups is 3. The molecule has 2 unspecified atom stereocenters. The molecule has 8 nitrogen and oxygen atoms in total.